The Kier molecular flexibility index (Phi) is 4.01. The van der Waals surface area contributed by atoms with Crippen molar-refractivity contribution in [2.24, 2.45) is 5.73 Å². The monoisotopic (exact) mass is 262 g/mol. The quantitative estimate of drug-likeness (QED) is 0.805. The van der Waals surface area contributed by atoms with Crippen molar-refractivity contribution in [3.05, 3.63) is 34.8 Å². The fraction of sp³-hybridized carbons (Fsp3) is 0.250. The Morgan fingerprint density at radius 3 is 2.67 bits per heavy atom. The van der Waals surface area contributed by atoms with Crippen molar-refractivity contribution < 1.29 is 4.79 Å². The third-order valence-corrected chi connectivity index (χ3v) is 3.27. The van der Waals surface area contributed by atoms with E-state index in [1.165, 1.54) is 11.3 Å². The van der Waals surface area contributed by atoms with E-state index in [2.05, 4.69) is 15.5 Å². The maximum absolute atomic E-state index is 11.1. The number of hydrogen-bond acceptors (Lipinski definition) is 6. The van der Waals surface area contributed by atoms with Gasteiger partial charge in [0.1, 0.15) is 5.01 Å². The van der Waals surface area contributed by atoms with E-state index < -0.39 is 0 Å². The van der Waals surface area contributed by atoms with Crippen molar-refractivity contribution in [2.75, 3.05) is 11.9 Å². The van der Waals surface area contributed by atoms with Gasteiger partial charge in [-0.2, -0.15) is 0 Å². The molecule has 0 fully saturated rings. The van der Waals surface area contributed by atoms with Gasteiger partial charge in [0.25, 0.3) is 0 Å². The lowest BCUT2D eigenvalue weighted by atomic mass is 10.1. The SMILES string of the molecule is CC(=O)c1ccc(Nc2nnc(CCN)s2)cc1. The molecule has 0 atom stereocenters. The molecule has 0 unspecified atom stereocenters. The minimum atomic E-state index is 0.0581. The number of Topliss-reactive ketones (excluding diaryl/α,β-unsaturated/α-hetero) is 1. The molecule has 6 heteroatoms. The lowest BCUT2D eigenvalue weighted by Crippen LogP contribution is -2.01. The molecule has 18 heavy (non-hydrogen) atoms. The Bertz CT molecular complexity index is 535. The molecule has 0 aliphatic carbocycles. The fourth-order valence-corrected chi connectivity index (χ4v) is 2.22. The molecular formula is C12H14N4OS. The van der Waals surface area contributed by atoms with E-state index in [-0.39, 0.29) is 5.78 Å². The Morgan fingerprint density at radius 2 is 2.06 bits per heavy atom. The molecule has 0 saturated carbocycles. The number of anilines is 2. The lowest BCUT2D eigenvalue weighted by Gasteiger charge is -2.02. The Morgan fingerprint density at radius 1 is 1.33 bits per heavy atom. The molecule has 0 spiro atoms. The Balaban J connectivity index is 2.06. The van der Waals surface area contributed by atoms with Gasteiger partial charge in [-0.1, -0.05) is 11.3 Å². The summed E-state index contributed by atoms with van der Waals surface area (Å²) in [6, 6.07) is 7.26. The van der Waals surface area contributed by atoms with Crippen LogP contribution in [0.2, 0.25) is 0 Å². The van der Waals surface area contributed by atoms with Gasteiger partial charge in [-0.05, 0) is 37.7 Å². The third-order valence-electron chi connectivity index (χ3n) is 2.37. The number of hydrogen-bond donors (Lipinski definition) is 2. The normalized spacial score (nSPS) is 10.3. The number of nitrogens with zero attached hydrogens (tertiary/aromatic N) is 2. The van der Waals surface area contributed by atoms with E-state index >= 15 is 0 Å². The molecule has 94 valence electrons. The van der Waals surface area contributed by atoms with Crippen molar-refractivity contribution >= 4 is 27.9 Å². The van der Waals surface area contributed by atoms with E-state index in [4.69, 9.17) is 5.73 Å². The highest BCUT2D eigenvalue weighted by atomic mass is 32.1. The summed E-state index contributed by atoms with van der Waals surface area (Å²) < 4.78 is 0. The van der Waals surface area contributed by atoms with Crippen LogP contribution in [-0.4, -0.2) is 22.5 Å². The molecule has 0 bridgehead atoms. The highest BCUT2D eigenvalue weighted by Crippen LogP contribution is 2.21. The molecule has 0 amide bonds. The van der Waals surface area contributed by atoms with Crippen molar-refractivity contribution in [1.29, 1.82) is 0 Å². The van der Waals surface area contributed by atoms with Gasteiger partial charge in [-0.3, -0.25) is 4.79 Å². The highest BCUT2D eigenvalue weighted by molar-refractivity contribution is 7.15. The van der Waals surface area contributed by atoms with Crippen LogP contribution in [0, 0.1) is 0 Å². The highest BCUT2D eigenvalue weighted by Gasteiger charge is 2.04. The smallest absolute Gasteiger partial charge is 0.210 e. The largest absolute Gasteiger partial charge is 0.330 e. The molecule has 2 rings (SSSR count). The standard InChI is InChI=1S/C12H14N4OS/c1-8(17)9-2-4-10(5-3-9)14-12-16-15-11(18-12)6-7-13/h2-5H,6-7,13H2,1H3,(H,14,16). The van der Waals surface area contributed by atoms with Crippen LogP contribution in [0.5, 0.6) is 0 Å². The molecule has 0 saturated heterocycles. The van der Waals surface area contributed by atoms with Crippen LogP contribution in [0.15, 0.2) is 24.3 Å². The summed E-state index contributed by atoms with van der Waals surface area (Å²) in [7, 11) is 0. The third kappa shape index (κ3) is 3.12. The van der Waals surface area contributed by atoms with Gasteiger partial charge in [-0.25, -0.2) is 0 Å². The topological polar surface area (TPSA) is 80.9 Å². The van der Waals surface area contributed by atoms with E-state index in [0.717, 1.165) is 22.2 Å². The van der Waals surface area contributed by atoms with Gasteiger partial charge in [-0.15, -0.1) is 10.2 Å². The van der Waals surface area contributed by atoms with E-state index in [9.17, 15) is 4.79 Å². The zero-order valence-electron chi connectivity index (χ0n) is 10.0. The molecular weight excluding hydrogens is 248 g/mol. The molecule has 2 aromatic rings. The van der Waals surface area contributed by atoms with E-state index in [1.54, 1.807) is 19.1 Å². The Hall–Kier alpha value is -1.79. The van der Waals surface area contributed by atoms with Gasteiger partial charge in [0, 0.05) is 17.7 Å². The second-order valence-corrected chi connectivity index (χ2v) is 4.86. The molecule has 0 aliphatic rings. The molecule has 5 nitrogen and oxygen atoms in total. The predicted molar refractivity (Wildman–Crippen MR) is 72.4 cm³/mol. The number of benzene rings is 1. The second-order valence-electron chi connectivity index (χ2n) is 3.80. The maximum Gasteiger partial charge on any atom is 0.210 e. The summed E-state index contributed by atoms with van der Waals surface area (Å²) >= 11 is 1.48. The average Bonchev–Trinajstić information content (AvgIpc) is 2.78. The first-order chi connectivity index (χ1) is 8.69. The minimum absolute atomic E-state index is 0.0581. The second kappa shape index (κ2) is 5.70. The summed E-state index contributed by atoms with van der Waals surface area (Å²) in [4.78, 5) is 11.1. The lowest BCUT2D eigenvalue weighted by molar-refractivity contribution is 0.101. The predicted octanol–water partition coefficient (Wildman–Crippen LogP) is 1.99. The van der Waals surface area contributed by atoms with Crippen LogP contribution in [-0.2, 0) is 6.42 Å². The molecule has 1 heterocycles. The van der Waals surface area contributed by atoms with Crippen LogP contribution in [0.25, 0.3) is 0 Å². The first kappa shape index (κ1) is 12.7. The minimum Gasteiger partial charge on any atom is -0.330 e. The summed E-state index contributed by atoms with van der Waals surface area (Å²) in [5.74, 6) is 0.0581. The number of nitrogens with one attached hydrogen (secondary N) is 1. The number of aromatic nitrogens is 2. The zero-order valence-corrected chi connectivity index (χ0v) is 10.8. The number of carbonyl (C=O) groups excluding carboxylic acids is 1. The van der Waals surface area contributed by atoms with Gasteiger partial charge < -0.3 is 11.1 Å². The summed E-state index contributed by atoms with van der Waals surface area (Å²) in [5, 5.41) is 12.8. The summed E-state index contributed by atoms with van der Waals surface area (Å²) in [5.41, 5.74) is 7.03. The van der Waals surface area contributed by atoms with Crippen molar-refractivity contribution in [3.63, 3.8) is 0 Å². The van der Waals surface area contributed by atoms with Crippen molar-refractivity contribution in [2.45, 2.75) is 13.3 Å². The first-order valence-electron chi connectivity index (χ1n) is 5.59. The van der Waals surface area contributed by atoms with Gasteiger partial charge in [0.15, 0.2) is 5.78 Å². The summed E-state index contributed by atoms with van der Waals surface area (Å²) in [6.45, 7) is 2.12. The van der Waals surface area contributed by atoms with Crippen molar-refractivity contribution in [3.8, 4) is 0 Å². The van der Waals surface area contributed by atoms with Crippen LogP contribution < -0.4 is 11.1 Å². The fourth-order valence-electron chi connectivity index (χ4n) is 1.44. The number of ketones is 1. The maximum atomic E-state index is 11.1. The van der Waals surface area contributed by atoms with Crippen molar-refractivity contribution in [1.82, 2.24) is 10.2 Å². The van der Waals surface area contributed by atoms with Gasteiger partial charge in [0.05, 0.1) is 0 Å². The summed E-state index contributed by atoms with van der Waals surface area (Å²) in [6.07, 6.45) is 0.739. The Labute approximate surface area is 109 Å². The van der Waals surface area contributed by atoms with Crippen LogP contribution in [0.1, 0.15) is 22.3 Å². The number of carbonyl (C=O) groups is 1. The molecule has 1 aromatic carbocycles. The van der Waals surface area contributed by atoms with E-state index in [0.29, 0.717) is 12.1 Å². The number of nitrogens with two attached hydrogens (primary N) is 1. The molecule has 1 aromatic heterocycles. The first-order valence-corrected chi connectivity index (χ1v) is 6.41. The van der Waals surface area contributed by atoms with Gasteiger partial charge in [0.2, 0.25) is 5.13 Å². The number of rotatable bonds is 5. The van der Waals surface area contributed by atoms with Crippen LogP contribution in [0.4, 0.5) is 10.8 Å². The molecule has 3 N–H and O–H groups in total. The molecule has 0 radical (unpaired) electrons. The average molecular weight is 262 g/mol. The van der Waals surface area contributed by atoms with Crippen LogP contribution in [0.3, 0.4) is 0 Å². The molecule has 0 aliphatic heterocycles. The van der Waals surface area contributed by atoms with E-state index in [1.807, 2.05) is 12.1 Å². The van der Waals surface area contributed by atoms with Crippen LogP contribution >= 0.6 is 11.3 Å². The van der Waals surface area contributed by atoms with Gasteiger partial charge >= 0.3 is 0 Å². The zero-order chi connectivity index (χ0) is 13.0.